The molecule has 1 saturated carbocycles. The topological polar surface area (TPSA) is 95.5 Å². The van der Waals surface area contributed by atoms with Crippen molar-refractivity contribution >= 4 is 15.9 Å². The van der Waals surface area contributed by atoms with E-state index in [0.29, 0.717) is 19.4 Å². The number of aliphatic hydroxyl groups is 1. The lowest BCUT2D eigenvalue weighted by molar-refractivity contribution is -0.119. The van der Waals surface area contributed by atoms with Crippen LogP contribution in [0.4, 0.5) is 0 Å². The molecule has 7 heteroatoms. The molecule has 0 atom stereocenters. The Bertz CT molecular complexity index is 577. The molecule has 6 nitrogen and oxygen atoms in total. The summed E-state index contributed by atoms with van der Waals surface area (Å²) in [6.45, 7) is 1.80. The highest BCUT2D eigenvalue weighted by atomic mass is 32.2. The first kappa shape index (κ1) is 15.0. The third-order valence-corrected chi connectivity index (χ3v) is 4.75. The molecule has 1 amide bonds. The van der Waals surface area contributed by atoms with Gasteiger partial charge in [0.2, 0.25) is 15.9 Å². The molecule has 1 aromatic rings. The molecule has 0 aromatic heterocycles. The molecular weight excluding hydrogens is 280 g/mol. The lowest BCUT2D eigenvalue weighted by Gasteiger charge is -2.31. The van der Waals surface area contributed by atoms with Gasteiger partial charge in [-0.3, -0.25) is 4.79 Å². The van der Waals surface area contributed by atoms with Gasteiger partial charge in [-0.2, -0.15) is 0 Å². The zero-order valence-electron chi connectivity index (χ0n) is 11.2. The van der Waals surface area contributed by atoms with E-state index in [-0.39, 0.29) is 16.8 Å². The number of amides is 1. The quantitative estimate of drug-likeness (QED) is 0.720. The third kappa shape index (κ3) is 3.78. The second kappa shape index (κ2) is 5.90. The molecule has 1 aliphatic rings. The molecule has 1 aromatic carbocycles. The van der Waals surface area contributed by atoms with E-state index < -0.39 is 16.1 Å². The van der Waals surface area contributed by atoms with Gasteiger partial charge in [0, 0.05) is 19.5 Å². The van der Waals surface area contributed by atoms with Gasteiger partial charge in [-0.25, -0.2) is 13.1 Å². The van der Waals surface area contributed by atoms with Crippen molar-refractivity contribution in [3.63, 3.8) is 0 Å². The first-order chi connectivity index (χ1) is 9.37. The van der Waals surface area contributed by atoms with Crippen LogP contribution < -0.4 is 10.0 Å². The van der Waals surface area contributed by atoms with Crippen molar-refractivity contribution in [1.29, 1.82) is 0 Å². The minimum atomic E-state index is -3.54. The van der Waals surface area contributed by atoms with Crippen molar-refractivity contribution in [2.75, 3.05) is 0 Å². The van der Waals surface area contributed by atoms with Crippen molar-refractivity contribution in [1.82, 2.24) is 10.0 Å². The number of benzene rings is 1. The van der Waals surface area contributed by atoms with Gasteiger partial charge >= 0.3 is 0 Å². The van der Waals surface area contributed by atoms with Crippen LogP contribution in [0.5, 0.6) is 0 Å². The zero-order valence-corrected chi connectivity index (χ0v) is 12.0. The minimum Gasteiger partial charge on any atom is -0.393 e. The highest BCUT2D eigenvalue weighted by Gasteiger charge is 2.31. The number of aliphatic hydroxyl groups excluding tert-OH is 1. The number of sulfonamides is 1. The van der Waals surface area contributed by atoms with Gasteiger partial charge in [-0.05, 0) is 30.5 Å². The lowest BCUT2D eigenvalue weighted by atomic mass is 9.91. The van der Waals surface area contributed by atoms with Crippen LogP contribution >= 0.6 is 0 Å². The van der Waals surface area contributed by atoms with E-state index in [1.165, 1.54) is 19.1 Å². The molecule has 110 valence electrons. The summed E-state index contributed by atoms with van der Waals surface area (Å²) in [5.74, 6) is -0.132. The van der Waals surface area contributed by atoms with Crippen molar-refractivity contribution in [3.8, 4) is 0 Å². The third-order valence-electron chi connectivity index (χ3n) is 3.21. The number of nitrogens with one attached hydrogen (secondary N) is 2. The Kier molecular flexibility index (Phi) is 4.42. The van der Waals surface area contributed by atoms with Crippen molar-refractivity contribution in [2.24, 2.45) is 0 Å². The van der Waals surface area contributed by atoms with Gasteiger partial charge in [0.1, 0.15) is 0 Å². The normalized spacial score (nSPS) is 22.1. The summed E-state index contributed by atoms with van der Waals surface area (Å²) < 4.78 is 26.7. The molecule has 0 unspecified atom stereocenters. The second-order valence-corrected chi connectivity index (χ2v) is 6.71. The molecule has 0 bridgehead atoms. The van der Waals surface area contributed by atoms with Gasteiger partial charge in [0.05, 0.1) is 11.0 Å². The number of hydrogen-bond acceptors (Lipinski definition) is 4. The van der Waals surface area contributed by atoms with Crippen LogP contribution in [0.3, 0.4) is 0 Å². The van der Waals surface area contributed by atoms with Crippen LogP contribution in [-0.4, -0.2) is 31.6 Å². The van der Waals surface area contributed by atoms with E-state index >= 15 is 0 Å². The Morgan fingerprint density at radius 1 is 1.30 bits per heavy atom. The summed E-state index contributed by atoms with van der Waals surface area (Å²) in [5, 5.41) is 11.8. The summed E-state index contributed by atoms with van der Waals surface area (Å²) >= 11 is 0. The van der Waals surface area contributed by atoms with Gasteiger partial charge in [-0.1, -0.05) is 12.1 Å². The predicted molar refractivity (Wildman–Crippen MR) is 73.3 cm³/mol. The zero-order chi connectivity index (χ0) is 14.8. The summed E-state index contributed by atoms with van der Waals surface area (Å²) in [6, 6.07) is 6.16. The Labute approximate surface area is 118 Å². The molecule has 0 aliphatic heterocycles. The molecule has 0 radical (unpaired) electrons. The van der Waals surface area contributed by atoms with Crippen LogP contribution in [0.1, 0.15) is 25.3 Å². The summed E-state index contributed by atoms with van der Waals surface area (Å²) in [4.78, 5) is 11.0. The summed E-state index contributed by atoms with van der Waals surface area (Å²) in [6.07, 6.45) is 0.516. The predicted octanol–water partition coefficient (Wildman–Crippen LogP) is 0.124. The van der Waals surface area contributed by atoms with Crippen LogP contribution in [-0.2, 0) is 21.4 Å². The Morgan fingerprint density at radius 2 is 1.90 bits per heavy atom. The van der Waals surface area contributed by atoms with Gasteiger partial charge < -0.3 is 10.4 Å². The minimum absolute atomic E-state index is 0.132. The molecule has 1 aliphatic carbocycles. The standard InChI is InChI=1S/C13H18N2O4S/c1-9(16)14-8-10-2-4-13(5-3-10)20(18,19)15-11-6-12(17)7-11/h2-5,11-12,15,17H,6-8H2,1H3,(H,14,16). The maximum absolute atomic E-state index is 12.1. The monoisotopic (exact) mass is 298 g/mol. The highest BCUT2D eigenvalue weighted by Crippen LogP contribution is 2.22. The fraction of sp³-hybridized carbons (Fsp3) is 0.462. The molecule has 3 N–H and O–H groups in total. The lowest BCUT2D eigenvalue weighted by Crippen LogP contribution is -2.46. The molecule has 2 rings (SSSR count). The van der Waals surface area contributed by atoms with E-state index in [1.54, 1.807) is 12.1 Å². The van der Waals surface area contributed by atoms with E-state index in [0.717, 1.165) is 5.56 Å². The molecular formula is C13H18N2O4S. The summed E-state index contributed by atoms with van der Waals surface area (Å²) in [7, 11) is -3.54. The largest absolute Gasteiger partial charge is 0.393 e. The second-order valence-electron chi connectivity index (χ2n) is 5.00. The van der Waals surface area contributed by atoms with Crippen molar-refractivity contribution < 1.29 is 18.3 Å². The Morgan fingerprint density at radius 3 is 2.40 bits per heavy atom. The smallest absolute Gasteiger partial charge is 0.240 e. The van der Waals surface area contributed by atoms with Crippen LogP contribution in [0.25, 0.3) is 0 Å². The molecule has 1 fully saturated rings. The fourth-order valence-corrected chi connectivity index (χ4v) is 3.25. The van der Waals surface area contributed by atoms with Gasteiger partial charge in [0.25, 0.3) is 0 Å². The van der Waals surface area contributed by atoms with E-state index in [4.69, 9.17) is 5.11 Å². The number of carbonyl (C=O) groups is 1. The average Bonchev–Trinajstić information content (AvgIpc) is 2.35. The average molecular weight is 298 g/mol. The van der Waals surface area contributed by atoms with Crippen LogP contribution in [0.15, 0.2) is 29.2 Å². The Balaban J connectivity index is 1.99. The highest BCUT2D eigenvalue weighted by molar-refractivity contribution is 7.89. The van der Waals surface area contributed by atoms with Crippen molar-refractivity contribution in [2.45, 2.75) is 43.4 Å². The number of hydrogen-bond donors (Lipinski definition) is 3. The Hall–Kier alpha value is -1.44. The first-order valence-electron chi connectivity index (χ1n) is 6.40. The number of rotatable bonds is 5. The molecule has 0 heterocycles. The number of carbonyl (C=O) groups excluding carboxylic acids is 1. The van der Waals surface area contributed by atoms with E-state index in [1.807, 2.05) is 0 Å². The molecule has 20 heavy (non-hydrogen) atoms. The SMILES string of the molecule is CC(=O)NCc1ccc(S(=O)(=O)NC2CC(O)C2)cc1. The maximum Gasteiger partial charge on any atom is 0.240 e. The fourth-order valence-electron chi connectivity index (χ4n) is 1.98. The molecule has 0 spiro atoms. The van der Waals surface area contributed by atoms with Crippen LogP contribution in [0.2, 0.25) is 0 Å². The van der Waals surface area contributed by atoms with E-state index in [9.17, 15) is 13.2 Å². The molecule has 0 saturated heterocycles. The first-order valence-corrected chi connectivity index (χ1v) is 7.89. The van der Waals surface area contributed by atoms with E-state index in [2.05, 4.69) is 10.0 Å². The van der Waals surface area contributed by atoms with Crippen LogP contribution in [0, 0.1) is 0 Å². The summed E-state index contributed by atoms with van der Waals surface area (Å²) in [5.41, 5.74) is 0.832. The maximum atomic E-state index is 12.1. The van der Waals surface area contributed by atoms with Crippen molar-refractivity contribution in [3.05, 3.63) is 29.8 Å². The van der Waals surface area contributed by atoms with Gasteiger partial charge in [0.15, 0.2) is 0 Å². The van der Waals surface area contributed by atoms with Gasteiger partial charge in [-0.15, -0.1) is 0 Å².